The third-order valence-corrected chi connectivity index (χ3v) is 6.09. The summed E-state index contributed by atoms with van der Waals surface area (Å²) in [6.07, 6.45) is 12.4. The molecule has 0 radical (unpaired) electrons. The standard InChI is InChI=1S/C19H28N4.2ClH/c1-15-3-2-12-23-17(14-22-18(15)23)13-21-16-4-6-19(7-5-16)8-10-20-11-9-19;;/h2-3,12,14,16,20-21H,4-11,13H2,1H3;2*1H. The number of piperidine rings is 1. The maximum Gasteiger partial charge on any atom is 0.139 e. The average Bonchev–Trinajstić information content (AvgIpc) is 3.00. The van der Waals surface area contributed by atoms with Gasteiger partial charge in [0, 0.05) is 18.8 Å². The fourth-order valence-electron chi connectivity index (χ4n) is 4.47. The van der Waals surface area contributed by atoms with E-state index in [4.69, 9.17) is 0 Å². The molecule has 2 fully saturated rings. The van der Waals surface area contributed by atoms with Crippen molar-refractivity contribution in [2.75, 3.05) is 13.1 Å². The number of pyridine rings is 1. The number of fused-ring (bicyclic) bond motifs is 1. The summed E-state index contributed by atoms with van der Waals surface area (Å²) in [5, 5.41) is 7.29. The van der Waals surface area contributed by atoms with E-state index < -0.39 is 0 Å². The number of imidazole rings is 1. The Morgan fingerprint density at radius 1 is 1.20 bits per heavy atom. The van der Waals surface area contributed by atoms with Gasteiger partial charge in [0.05, 0.1) is 11.9 Å². The van der Waals surface area contributed by atoms with Crippen molar-refractivity contribution < 1.29 is 0 Å². The molecule has 3 heterocycles. The molecule has 1 saturated heterocycles. The van der Waals surface area contributed by atoms with E-state index in [9.17, 15) is 0 Å². The molecule has 0 aromatic carbocycles. The number of hydrogen-bond acceptors (Lipinski definition) is 3. The molecule has 2 N–H and O–H groups in total. The molecule has 2 aliphatic rings. The molecule has 0 amide bonds. The predicted molar refractivity (Wildman–Crippen MR) is 108 cm³/mol. The first-order valence-electron chi connectivity index (χ1n) is 9.11. The van der Waals surface area contributed by atoms with E-state index in [0.29, 0.717) is 11.5 Å². The summed E-state index contributed by atoms with van der Waals surface area (Å²) < 4.78 is 2.22. The van der Waals surface area contributed by atoms with Crippen molar-refractivity contribution in [1.29, 1.82) is 0 Å². The molecule has 1 spiro atoms. The highest BCUT2D eigenvalue weighted by Crippen LogP contribution is 2.43. The molecule has 140 valence electrons. The van der Waals surface area contributed by atoms with Crippen LogP contribution in [0.2, 0.25) is 0 Å². The Balaban J connectivity index is 0.00000113. The molecule has 25 heavy (non-hydrogen) atoms. The molecule has 1 aliphatic heterocycles. The van der Waals surface area contributed by atoms with Crippen LogP contribution in [0.25, 0.3) is 5.65 Å². The number of aromatic nitrogens is 2. The average molecular weight is 385 g/mol. The number of aryl methyl sites for hydroxylation is 1. The fraction of sp³-hybridized carbons (Fsp3) is 0.632. The van der Waals surface area contributed by atoms with Gasteiger partial charge in [0.15, 0.2) is 0 Å². The minimum absolute atomic E-state index is 0. The monoisotopic (exact) mass is 384 g/mol. The molecule has 0 bridgehead atoms. The van der Waals surface area contributed by atoms with Gasteiger partial charge in [-0.05, 0) is 75.6 Å². The van der Waals surface area contributed by atoms with E-state index in [1.54, 1.807) is 0 Å². The Bertz CT molecular complexity index is 669. The van der Waals surface area contributed by atoms with Crippen molar-refractivity contribution in [3.05, 3.63) is 35.8 Å². The highest BCUT2D eigenvalue weighted by molar-refractivity contribution is 5.85. The molecule has 4 nitrogen and oxygen atoms in total. The smallest absolute Gasteiger partial charge is 0.139 e. The zero-order chi connectivity index (χ0) is 15.7. The first kappa shape index (κ1) is 20.5. The van der Waals surface area contributed by atoms with Crippen molar-refractivity contribution in [3.63, 3.8) is 0 Å². The minimum Gasteiger partial charge on any atom is -0.317 e. The predicted octanol–water partition coefficient (Wildman–Crippen LogP) is 3.89. The van der Waals surface area contributed by atoms with Gasteiger partial charge in [-0.3, -0.25) is 0 Å². The van der Waals surface area contributed by atoms with Crippen LogP contribution in [0, 0.1) is 12.3 Å². The Hall–Kier alpha value is -0.810. The van der Waals surface area contributed by atoms with Crippen molar-refractivity contribution in [2.45, 2.75) is 58.0 Å². The van der Waals surface area contributed by atoms with Gasteiger partial charge in [-0.1, -0.05) is 6.07 Å². The Morgan fingerprint density at radius 2 is 1.92 bits per heavy atom. The Morgan fingerprint density at radius 3 is 2.64 bits per heavy atom. The van der Waals surface area contributed by atoms with Gasteiger partial charge in [0.25, 0.3) is 0 Å². The summed E-state index contributed by atoms with van der Waals surface area (Å²) in [7, 11) is 0. The van der Waals surface area contributed by atoms with Gasteiger partial charge < -0.3 is 15.0 Å². The second-order valence-electron chi connectivity index (χ2n) is 7.54. The van der Waals surface area contributed by atoms with Crippen molar-refractivity contribution in [2.24, 2.45) is 5.41 Å². The van der Waals surface area contributed by atoms with Gasteiger partial charge in [-0.15, -0.1) is 24.8 Å². The molecule has 1 aliphatic carbocycles. The normalized spacial score (nSPS) is 20.2. The molecule has 1 saturated carbocycles. The third-order valence-electron chi connectivity index (χ3n) is 6.09. The van der Waals surface area contributed by atoms with Gasteiger partial charge in [-0.2, -0.15) is 0 Å². The SMILES string of the molecule is Cc1cccn2c(CNC3CCC4(CCNCC4)CC3)cnc12.Cl.Cl. The molecule has 6 heteroatoms. The van der Waals surface area contributed by atoms with Crippen molar-refractivity contribution >= 4 is 30.5 Å². The number of nitrogens with one attached hydrogen (secondary N) is 2. The summed E-state index contributed by atoms with van der Waals surface area (Å²) in [5.41, 5.74) is 4.25. The second kappa shape index (κ2) is 8.72. The molecule has 2 aromatic rings. The van der Waals surface area contributed by atoms with Crippen LogP contribution in [0.15, 0.2) is 24.5 Å². The fourth-order valence-corrected chi connectivity index (χ4v) is 4.47. The number of rotatable bonds is 3. The zero-order valence-electron chi connectivity index (χ0n) is 15.0. The van der Waals surface area contributed by atoms with Crippen molar-refractivity contribution in [3.8, 4) is 0 Å². The minimum atomic E-state index is 0. The van der Waals surface area contributed by atoms with E-state index >= 15 is 0 Å². The second-order valence-corrected chi connectivity index (χ2v) is 7.54. The first-order valence-corrected chi connectivity index (χ1v) is 9.11. The Kier molecular flexibility index (Phi) is 7.15. The maximum absolute atomic E-state index is 4.57. The van der Waals surface area contributed by atoms with Crippen LogP contribution in [-0.2, 0) is 6.54 Å². The lowest BCUT2D eigenvalue weighted by Gasteiger charge is -2.43. The topological polar surface area (TPSA) is 41.4 Å². The summed E-state index contributed by atoms with van der Waals surface area (Å²) in [5.74, 6) is 0. The van der Waals surface area contributed by atoms with Crippen LogP contribution in [0.1, 0.15) is 49.8 Å². The van der Waals surface area contributed by atoms with E-state index in [-0.39, 0.29) is 24.8 Å². The van der Waals surface area contributed by atoms with Crippen LogP contribution >= 0.6 is 24.8 Å². The number of nitrogens with zero attached hydrogens (tertiary/aromatic N) is 2. The highest BCUT2D eigenvalue weighted by atomic mass is 35.5. The Labute approximate surface area is 163 Å². The van der Waals surface area contributed by atoms with Crippen LogP contribution < -0.4 is 10.6 Å². The molecule has 4 rings (SSSR count). The number of hydrogen-bond donors (Lipinski definition) is 2. The summed E-state index contributed by atoms with van der Waals surface area (Å²) in [6, 6.07) is 4.90. The van der Waals surface area contributed by atoms with Gasteiger partial charge in [0.1, 0.15) is 5.65 Å². The van der Waals surface area contributed by atoms with Crippen LogP contribution in [0.3, 0.4) is 0 Å². The quantitative estimate of drug-likeness (QED) is 0.842. The summed E-state index contributed by atoms with van der Waals surface area (Å²) in [6.45, 7) is 5.49. The molecule has 0 unspecified atom stereocenters. The lowest BCUT2D eigenvalue weighted by Crippen LogP contribution is -2.43. The van der Waals surface area contributed by atoms with E-state index in [1.165, 1.54) is 62.9 Å². The van der Waals surface area contributed by atoms with Crippen LogP contribution in [-0.4, -0.2) is 28.5 Å². The lowest BCUT2D eigenvalue weighted by atomic mass is 9.67. The van der Waals surface area contributed by atoms with Gasteiger partial charge in [-0.25, -0.2) is 4.98 Å². The lowest BCUT2D eigenvalue weighted by molar-refractivity contribution is 0.115. The summed E-state index contributed by atoms with van der Waals surface area (Å²) in [4.78, 5) is 4.57. The van der Waals surface area contributed by atoms with Crippen LogP contribution in [0.4, 0.5) is 0 Å². The third kappa shape index (κ3) is 4.30. The van der Waals surface area contributed by atoms with E-state index in [2.05, 4.69) is 45.3 Å². The summed E-state index contributed by atoms with van der Waals surface area (Å²) >= 11 is 0. The van der Waals surface area contributed by atoms with E-state index in [1.807, 2.05) is 6.20 Å². The van der Waals surface area contributed by atoms with Crippen LogP contribution in [0.5, 0.6) is 0 Å². The van der Waals surface area contributed by atoms with Crippen molar-refractivity contribution in [1.82, 2.24) is 20.0 Å². The zero-order valence-corrected chi connectivity index (χ0v) is 16.6. The highest BCUT2D eigenvalue weighted by Gasteiger charge is 2.35. The van der Waals surface area contributed by atoms with E-state index in [0.717, 1.165) is 12.2 Å². The molecule has 0 atom stereocenters. The first-order chi connectivity index (χ1) is 11.3. The van der Waals surface area contributed by atoms with Gasteiger partial charge >= 0.3 is 0 Å². The molecular weight excluding hydrogens is 355 g/mol. The number of halogens is 2. The largest absolute Gasteiger partial charge is 0.317 e. The molecular formula is C19H30Cl2N4. The maximum atomic E-state index is 4.57. The van der Waals surface area contributed by atoms with Gasteiger partial charge in [0.2, 0.25) is 0 Å². The molecule has 2 aromatic heterocycles.